The number of carbonyl (C=O) groups excluding carboxylic acids is 2. The van der Waals surface area contributed by atoms with Crippen molar-refractivity contribution in [3.8, 4) is 0 Å². The summed E-state index contributed by atoms with van der Waals surface area (Å²) >= 11 is 0.990. The molecule has 0 unspecified atom stereocenters. The molecule has 0 aliphatic heterocycles. The molecule has 0 saturated carbocycles. The molecule has 0 spiro atoms. The van der Waals surface area contributed by atoms with Crippen molar-refractivity contribution in [2.24, 2.45) is 0 Å². The van der Waals surface area contributed by atoms with E-state index < -0.39 is 5.97 Å². The minimum absolute atomic E-state index is 0.216. The number of nitrogens with zero attached hydrogens (tertiary/aromatic N) is 3. The number of hydrogen-bond donors (Lipinski definition) is 0. The Morgan fingerprint density at radius 1 is 1.19 bits per heavy atom. The third kappa shape index (κ3) is 4.14. The van der Waals surface area contributed by atoms with Gasteiger partial charge in [0.2, 0.25) is 5.78 Å². The predicted octanol–water partition coefficient (Wildman–Crippen LogP) is 3.61. The summed E-state index contributed by atoms with van der Waals surface area (Å²) in [6, 6.07) is 11.9. The fraction of sp³-hybridized carbons (Fsp3) is 0.300. The number of esters is 1. The highest BCUT2D eigenvalue weighted by atomic mass is 32.1. The Morgan fingerprint density at radius 3 is 2.63 bits per heavy atom. The van der Waals surface area contributed by atoms with Crippen LogP contribution in [0.15, 0.2) is 36.4 Å². The molecule has 6 nitrogen and oxygen atoms in total. The Kier molecular flexibility index (Phi) is 5.81. The fourth-order valence-electron chi connectivity index (χ4n) is 2.96. The van der Waals surface area contributed by atoms with Crippen molar-refractivity contribution in [1.29, 1.82) is 0 Å². The molecule has 2 heterocycles. The monoisotopic (exact) mass is 383 g/mol. The maximum absolute atomic E-state index is 12.6. The standard InChI is InChI=1S/C20H21N3O3S/c1-4-17-19(27-22-21-17)20(25)26-12-18(24)16-10-13(2)23(14(16)3)11-15-8-6-5-7-9-15/h5-10H,4,11-12H2,1-3H3. The van der Waals surface area contributed by atoms with Gasteiger partial charge in [-0.3, -0.25) is 4.79 Å². The molecule has 0 amide bonds. The second-order valence-corrected chi connectivity index (χ2v) is 7.01. The van der Waals surface area contributed by atoms with Gasteiger partial charge in [0.15, 0.2) is 11.5 Å². The van der Waals surface area contributed by atoms with Crippen LogP contribution in [0.5, 0.6) is 0 Å². The molecular weight excluding hydrogens is 362 g/mol. The van der Waals surface area contributed by atoms with Crippen LogP contribution in [0.2, 0.25) is 0 Å². The predicted molar refractivity (Wildman–Crippen MR) is 103 cm³/mol. The van der Waals surface area contributed by atoms with Gasteiger partial charge in [-0.15, -0.1) is 5.10 Å². The van der Waals surface area contributed by atoms with Crippen LogP contribution >= 0.6 is 11.5 Å². The topological polar surface area (TPSA) is 74.1 Å². The summed E-state index contributed by atoms with van der Waals surface area (Å²) in [6.07, 6.45) is 0.593. The van der Waals surface area contributed by atoms with E-state index in [4.69, 9.17) is 4.74 Å². The van der Waals surface area contributed by atoms with Crippen molar-refractivity contribution >= 4 is 23.3 Å². The maximum Gasteiger partial charge on any atom is 0.352 e. The Labute approximate surface area is 162 Å². The molecule has 0 aliphatic rings. The molecule has 27 heavy (non-hydrogen) atoms. The van der Waals surface area contributed by atoms with Gasteiger partial charge in [-0.2, -0.15) is 0 Å². The second kappa shape index (κ2) is 8.26. The number of carbonyl (C=O) groups is 2. The van der Waals surface area contributed by atoms with Crippen LogP contribution in [-0.4, -0.2) is 32.5 Å². The van der Waals surface area contributed by atoms with E-state index >= 15 is 0 Å². The molecule has 0 saturated heterocycles. The third-order valence-corrected chi connectivity index (χ3v) is 5.22. The van der Waals surface area contributed by atoms with Gasteiger partial charge in [-0.1, -0.05) is 41.7 Å². The molecule has 0 N–H and O–H groups in total. The quantitative estimate of drug-likeness (QED) is 0.460. The third-order valence-electron chi connectivity index (χ3n) is 4.47. The highest BCUT2D eigenvalue weighted by molar-refractivity contribution is 7.07. The highest BCUT2D eigenvalue weighted by Crippen LogP contribution is 2.19. The SMILES string of the molecule is CCc1nnsc1C(=O)OCC(=O)c1cc(C)n(Cc2ccccc2)c1C. The molecule has 0 aliphatic carbocycles. The first-order valence-corrected chi connectivity index (χ1v) is 9.50. The fourth-order valence-corrected chi connectivity index (χ4v) is 3.61. The molecule has 140 valence electrons. The van der Waals surface area contributed by atoms with Crippen molar-refractivity contribution in [1.82, 2.24) is 14.2 Å². The van der Waals surface area contributed by atoms with Gasteiger partial charge in [-0.05, 0) is 43.4 Å². The maximum atomic E-state index is 12.6. The van der Waals surface area contributed by atoms with Crippen LogP contribution in [0.1, 0.15) is 49.6 Å². The van der Waals surface area contributed by atoms with Crippen LogP contribution in [0.25, 0.3) is 0 Å². The lowest BCUT2D eigenvalue weighted by atomic mass is 10.1. The highest BCUT2D eigenvalue weighted by Gasteiger charge is 2.20. The first-order valence-electron chi connectivity index (χ1n) is 8.73. The van der Waals surface area contributed by atoms with E-state index in [0.717, 1.165) is 28.5 Å². The summed E-state index contributed by atoms with van der Waals surface area (Å²) in [6.45, 7) is 6.16. The van der Waals surface area contributed by atoms with E-state index in [9.17, 15) is 9.59 Å². The zero-order valence-electron chi connectivity index (χ0n) is 15.6. The average Bonchev–Trinajstić information content (AvgIpc) is 3.26. The van der Waals surface area contributed by atoms with E-state index in [1.807, 2.05) is 45.0 Å². The first kappa shape index (κ1) is 19.0. The number of ether oxygens (including phenoxy) is 1. The van der Waals surface area contributed by atoms with Crippen molar-refractivity contribution in [3.05, 3.63) is 69.5 Å². The van der Waals surface area contributed by atoms with Crippen LogP contribution in [0.3, 0.4) is 0 Å². The van der Waals surface area contributed by atoms with Crippen LogP contribution in [-0.2, 0) is 17.7 Å². The van der Waals surface area contributed by atoms with Crippen molar-refractivity contribution < 1.29 is 14.3 Å². The van der Waals surface area contributed by atoms with Gasteiger partial charge in [0.1, 0.15) is 0 Å². The van der Waals surface area contributed by atoms with Gasteiger partial charge < -0.3 is 9.30 Å². The summed E-state index contributed by atoms with van der Waals surface area (Å²) in [7, 11) is 0. The molecule has 0 fully saturated rings. The second-order valence-electron chi connectivity index (χ2n) is 6.26. The molecule has 0 atom stereocenters. The largest absolute Gasteiger partial charge is 0.453 e. The smallest absolute Gasteiger partial charge is 0.352 e. The lowest BCUT2D eigenvalue weighted by molar-refractivity contribution is 0.0478. The minimum atomic E-state index is -0.548. The summed E-state index contributed by atoms with van der Waals surface area (Å²) in [4.78, 5) is 25.1. The van der Waals surface area contributed by atoms with Crippen LogP contribution in [0.4, 0.5) is 0 Å². The molecule has 2 aromatic heterocycles. The molecule has 7 heteroatoms. The van der Waals surface area contributed by atoms with Gasteiger partial charge >= 0.3 is 5.97 Å². The summed E-state index contributed by atoms with van der Waals surface area (Å²) < 4.78 is 11.1. The number of rotatable bonds is 7. The van der Waals surface area contributed by atoms with E-state index in [0.29, 0.717) is 29.1 Å². The molecular formula is C20H21N3O3S. The number of benzene rings is 1. The summed E-state index contributed by atoms with van der Waals surface area (Å²) in [5.41, 5.74) is 4.19. The van der Waals surface area contributed by atoms with Gasteiger partial charge in [0, 0.05) is 23.5 Å². The number of hydrogen-bond acceptors (Lipinski definition) is 6. The Morgan fingerprint density at radius 2 is 1.93 bits per heavy atom. The zero-order chi connectivity index (χ0) is 19.4. The molecule has 3 rings (SSSR count). The number of ketones is 1. The number of aromatic nitrogens is 3. The van der Waals surface area contributed by atoms with E-state index in [1.165, 1.54) is 0 Å². The normalized spacial score (nSPS) is 10.8. The Bertz CT molecular complexity index is 960. The first-order chi connectivity index (χ1) is 13.0. The molecule has 1 aromatic carbocycles. The van der Waals surface area contributed by atoms with E-state index in [1.54, 1.807) is 0 Å². The molecule has 0 bridgehead atoms. The molecule has 3 aromatic rings. The van der Waals surface area contributed by atoms with Crippen molar-refractivity contribution in [2.75, 3.05) is 6.61 Å². The number of Topliss-reactive ketones (excluding diaryl/α,β-unsaturated/α-hetero) is 1. The lowest BCUT2D eigenvalue weighted by Gasteiger charge is -2.10. The Hall–Kier alpha value is -2.80. The molecule has 0 radical (unpaired) electrons. The van der Waals surface area contributed by atoms with Crippen LogP contribution < -0.4 is 0 Å². The van der Waals surface area contributed by atoms with E-state index in [-0.39, 0.29) is 12.4 Å². The summed E-state index contributed by atoms with van der Waals surface area (Å²) in [5.74, 6) is -0.764. The minimum Gasteiger partial charge on any atom is -0.453 e. The Balaban J connectivity index is 1.70. The van der Waals surface area contributed by atoms with E-state index in [2.05, 4.69) is 26.3 Å². The lowest BCUT2D eigenvalue weighted by Crippen LogP contribution is -2.15. The zero-order valence-corrected chi connectivity index (χ0v) is 16.4. The van der Waals surface area contributed by atoms with Crippen molar-refractivity contribution in [3.63, 3.8) is 0 Å². The summed E-state index contributed by atoms with van der Waals surface area (Å²) in [5, 5.41) is 3.89. The van der Waals surface area contributed by atoms with Gasteiger partial charge in [0.05, 0.1) is 5.69 Å². The van der Waals surface area contributed by atoms with Crippen molar-refractivity contribution in [2.45, 2.75) is 33.7 Å². The number of aryl methyl sites for hydroxylation is 2. The van der Waals surface area contributed by atoms with Gasteiger partial charge in [0.25, 0.3) is 0 Å². The van der Waals surface area contributed by atoms with Crippen LogP contribution in [0, 0.1) is 13.8 Å². The van der Waals surface area contributed by atoms with Gasteiger partial charge in [-0.25, -0.2) is 4.79 Å². The average molecular weight is 383 g/mol.